The van der Waals surface area contributed by atoms with Crippen LogP contribution in [-0.4, -0.2) is 70.4 Å². The molecule has 1 aliphatic carbocycles. The van der Waals surface area contributed by atoms with Crippen LogP contribution in [0.1, 0.15) is 38.5 Å². The Labute approximate surface area is 151 Å². The molecule has 1 spiro atoms. The monoisotopic (exact) mass is 368 g/mol. The Bertz CT molecular complexity index is 576. The highest BCUT2D eigenvalue weighted by atomic mass is 32.2. The van der Waals surface area contributed by atoms with Crippen LogP contribution in [0.2, 0.25) is 0 Å². The number of thioether (sulfide) groups is 1. The minimum absolute atomic E-state index is 0.0344. The summed E-state index contributed by atoms with van der Waals surface area (Å²) >= 11 is 1.28. The highest BCUT2D eigenvalue weighted by Crippen LogP contribution is 2.34. The average Bonchev–Trinajstić information content (AvgIpc) is 3.26. The summed E-state index contributed by atoms with van der Waals surface area (Å²) in [7, 11) is 0. The lowest BCUT2D eigenvalue weighted by atomic mass is 9.98. The van der Waals surface area contributed by atoms with Crippen LogP contribution in [0, 0.1) is 0 Å². The van der Waals surface area contributed by atoms with Gasteiger partial charge in [0.1, 0.15) is 5.54 Å². The van der Waals surface area contributed by atoms with Crippen molar-refractivity contribution in [1.29, 1.82) is 0 Å². The number of hydrogen-bond donors (Lipinski definition) is 2. The van der Waals surface area contributed by atoms with Gasteiger partial charge in [-0.1, -0.05) is 24.6 Å². The molecule has 9 heteroatoms. The van der Waals surface area contributed by atoms with E-state index in [1.807, 2.05) is 0 Å². The fraction of sp³-hybridized carbons (Fsp3) is 0.750. The first-order chi connectivity index (χ1) is 12.0. The van der Waals surface area contributed by atoms with Gasteiger partial charge in [0.15, 0.2) is 0 Å². The number of urea groups is 1. The Kier molecular flexibility index (Phi) is 5.51. The lowest BCUT2D eigenvalue weighted by Crippen LogP contribution is -2.44. The van der Waals surface area contributed by atoms with Crippen LogP contribution < -0.4 is 10.6 Å². The van der Waals surface area contributed by atoms with E-state index in [9.17, 15) is 19.2 Å². The van der Waals surface area contributed by atoms with Gasteiger partial charge in [0.2, 0.25) is 5.91 Å². The molecule has 138 valence electrons. The molecule has 3 fully saturated rings. The van der Waals surface area contributed by atoms with Crippen LogP contribution in [0.15, 0.2) is 0 Å². The second-order valence-corrected chi connectivity index (χ2v) is 7.78. The molecular formula is C16H24N4O4S. The van der Waals surface area contributed by atoms with Gasteiger partial charge in [-0.15, -0.1) is 0 Å². The normalized spacial score (nSPS) is 22.2. The maximum Gasteiger partial charge on any atom is 0.325 e. The van der Waals surface area contributed by atoms with Crippen LogP contribution in [-0.2, 0) is 9.59 Å². The van der Waals surface area contributed by atoms with E-state index in [0.717, 1.165) is 31.4 Å². The van der Waals surface area contributed by atoms with Crippen molar-refractivity contribution < 1.29 is 19.2 Å². The summed E-state index contributed by atoms with van der Waals surface area (Å²) < 4.78 is 0. The van der Waals surface area contributed by atoms with E-state index >= 15 is 0 Å². The van der Waals surface area contributed by atoms with E-state index in [-0.39, 0.29) is 29.5 Å². The summed E-state index contributed by atoms with van der Waals surface area (Å²) in [6, 6.07) is -0.316. The topological polar surface area (TPSA) is 98.8 Å². The van der Waals surface area contributed by atoms with Gasteiger partial charge in [-0.3, -0.25) is 19.3 Å². The van der Waals surface area contributed by atoms with E-state index in [1.165, 1.54) is 16.7 Å². The largest absolute Gasteiger partial charge is 0.356 e. The minimum atomic E-state index is -0.666. The van der Waals surface area contributed by atoms with Gasteiger partial charge >= 0.3 is 6.03 Å². The van der Waals surface area contributed by atoms with Crippen molar-refractivity contribution in [2.45, 2.75) is 44.1 Å². The van der Waals surface area contributed by atoms with Crippen LogP contribution in [0.3, 0.4) is 0 Å². The standard InChI is InChI=1S/C16H24N4O4S/c21-12(4-9-19-10-11-25-15(19)24)17-7-3-8-20-13(22)16(18-14(20)23)5-1-2-6-16/h1-11H2,(H,17,21)(H,18,23). The predicted molar refractivity (Wildman–Crippen MR) is 93.1 cm³/mol. The first-order valence-electron chi connectivity index (χ1n) is 8.84. The minimum Gasteiger partial charge on any atom is -0.356 e. The number of amides is 5. The Morgan fingerprint density at radius 1 is 1.20 bits per heavy atom. The fourth-order valence-corrected chi connectivity index (χ4v) is 4.47. The third kappa shape index (κ3) is 3.91. The van der Waals surface area contributed by atoms with E-state index in [2.05, 4.69) is 10.6 Å². The first kappa shape index (κ1) is 18.0. The Balaban J connectivity index is 1.34. The smallest absolute Gasteiger partial charge is 0.325 e. The predicted octanol–water partition coefficient (Wildman–Crippen LogP) is 0.916. The molecule has 25 heavy (non-hydrogen) atoms. The molecule has 0 aromatic heterocycles. The summed E-state index contributed by atoms with van der Waals surface area (Å²) in [6.07, 6.45) is 4.18. The molecule has 5 amide bonds. The van der Waals surface area contributed by atoms with Crippen LogP contribution >= 0.6 is 11.8 Å². The van der Waals surface area contributed by atoms with Crippen molar-refractivity contribution in [3.8, 4) is 0 Å². The Morgan fingerprint density at radius 3 is 2.64 bits per heavy atom. The van der Waals surface area contributed by atoms with Gasteiger partial charge < -0.3 is 15.5 Å². The number of nitrogens with one attached hydrogen (secondary N) is 2. The summed E-state index contributed by atoms with van der Waals surface area (Å²) in [6.45, 7) is 1.86. The number of rotatable bonds is 7. The highest BCUT2D eigenvalue weighted by Gasteiger charge is 2.51. The Hall–Kier alpha value is -1.77. The Morgan fingerprint density at radius 2 is 1.96 bits per heavy atom. The molecule has 0 radical (unpaired) electrons. The van der Waals surface area contributed by atoms with Crippen LogP contribution in [0.4, 0.5) is 9.59 Å². The third-order valence-electron chi connectivity index (χ3n) is 5.04. The summed E-state index contributed by atoms with van der Waals surface area (Å²) in [4.78, 5) is 50.7. The number of nitrogens with zero attached hydrogens (tertiary/aromatic N) is 2. The molecule has 2 heterocycles. The van der Waals surface area contributed by atoms with Gasteiger partial charge in [0.25, 0.3) is 11.1 Å². The molecule has 0 atom stereocenters. The van der Waals surface area contributed by atoms with Crippen molar-refractivity contribution in [3.05, 3.63) is 0 Å². The zero-order valence-electron chi connectivity index (χ0n) is 14.2. The highest BCUT2D eigenvalue weighted by molar-refractivity contribution is 8.13. The number of carbonyl (C=O) groups is 4. The fourth-order valence-electron chi connectivity index (χ4n) is 3.62. The van der Waals surface area contributed by atoms with Crippen LogP contribution in [0.25, 0.3) is 0 Å². The molecule has 2 saturated heterocycles. The maximum atomic E-state index is 12.5. The average molecular weight is 368 g/mol. The van der Waals surface area contributed by atoms with Gasteiger partial charge in [-0.2, -0.15) is 0 Å². The molecule has 2 N–H and O–H groups in total. The first-order valence-corrected chi connectivity index (χ1v) is 9.83. The van der Waals surface area contributed by atoms with Crippen LogP contribution in [0.5, 0.6) is 0 Å². The molecule has 0 aromatic rings. The summed E-state index contributed by atoms with van der Waals surface area (Å²) in [5.74, 6) is 0.550. The maximum absolute atomic E-state index is 12.5. The zero-order valence-corrected chi connectivity index (χ0v) is 15.0. The molecule has 1 saturated carbocycles. The van der Waals surface area contributed by atoms with Crippen molar-refractivity contribution in [1.82, 2.24) is 20.4 Å². The lowest BCUT2D eigenvalue weighted by Gasteiger charge is -2.20. The van der Waals surface area contributed by atoms with E-state index in [1.54, 1.807) is 4.90 Å². The van der Waals surface area contributed by atoms with Crippen molar-refractivity contribution in [2.24, 2.45) is 0 Å². The molecule has 0 unspecified atom stereocenters. The molecule has 3 aliphatic rings. The molecule has 0 bridgehead atoms. The summed E-state index contributed by atoms with van der Waals surface area (Å²) in [5, 5.41) is 5.66. The van der Waals surface area contributed by atoms with E-state index in [0.29, 0.717) is 32.6 Å². The molecule has 8 nitrogen and oxygen atoms in total. The zero-order chi connectivity index (χ0) is 17.9. The number of hydrogen-bond acceptors (Lipinski definition) is 5. The molecule has 0 aromatic carbocycles. The number of imide groups is 1. The number of carbonyl (C=O) groups excluding carboxylic acids is 4. The van der Waals surface area contributed by atoms with Gasteiger partial charge in [-0.25, -0.2) is 4.79 Å². The molecular weight excluding hydrogens is 344 g/mol. The second kappa shape index (κ2) is 7.63. The molecule has 2 aliphatic heterocycles. The summed E-state index contributed by atoms with van der Waals surface area (Å²) in [5.41, 5.74) is -0.666. The van der Waals surface area contributed by atoms with Gasteiger partial charge in [0.05, 0.1) is 0 Å². The second-order valence-electron chi connectivity index (χ2n) is 6.73. The van der Waals surface area contributed by atoms with E-state index < -0.39 is 5.54 Å². The third-order valence-corrected chi connectivity index (χ3v) is 5.93. The van der Waals surface area contributed by atoms with E-state index in [4.69, 9.17) is 0 Å². The van der Waals surface area contributed by atoms with Crippen molar-refractivity contribution in [2.75, 3.05) is 31.9 Å². The SMILES string of the molecule is O=C(CCN1CCSC1=O)NCCCN1C(=O)NC2(CCCC2)C1=O. The quantitative estimate of drug-likeness (QED) is 0.514. The van der Waals surface area contributed by atoms with Crippen molar-refractivity contribution in [3.63, 3.8) is 0 Å². The van der Waals surface area contributed by atoms with Crippen molar-refractivity contribution >= 4 is 34.8 Å². The van der Waals surface area contributed by atoms with Gasteiger partial charge in [0, 0.05) is 38.4 Å². The lowest BCUT2D eigenvalue weighted by molar-refractivity contribution is -0.131. The molecule has 3 rings (SSSR count). The van der Waals surface area contributed by atoms with Gasteiger partial charge in [-0.05, 0) is 19.3 Å².